The predicted molar refractivity (Wildman–Crippen MR) is 235 cm³/mol. The summed E-state index contributed by atoms with van der Waals surface area (Å²) in [6.45, 7) is 8.98. The molecular weight excluding hydrogens is 936 g/mol. The van der Waals surface area contributed by atoms with Crippen molar-refractivity contribution in [1.82, 2.24) is 20.0 Å². The van der Waals surface area contributed by atoms with Crippen LogP contribution in [0.15, 0.2) is 18.2 Å². The maximum absolute atomic E-state index is 12.0. The van der Waals surface area contributed by atoms with Gasteiger partial charge in [0.05, 0.1) is 122 Å². The molecule has 4 heterocycles. The zero-order valence-corrected chi connectivity index (χ0v) is 38.9. The maximum Gasteiger partial charge on any atom is 0.299 e. The molecule has 3 aliphatic rings. The van der Waals surface area contributed by atoms with Gasteiger partial charge in [0.1, 0.15) is 36.1 Å². The molecule has 3 aliphatic heterocycles. The standard InChI is InChI=1S/C39H59ClN8O18S/c1-38(2)64-33-32(44-37-45-36(40)46-67-37)35-63-26-39(66-35,34(33)65-38)25-62-22-20-60-18-17-58-15-14-57-12-7-42-30(49)5-9-55-11-8-43-31(50)24-61-21-19-59-16-13-56-10-6-41-28-4-3-27(47(51)52)23-29(28)48(53)54/h3-4,23,32-35,41H,5-22,24-26H2,1-2H3,(H,42,49)(H,43,50)(H,44,45,46)/t32-,33-,34-,35+,39+/m1/s1. The Morgan fingerprint density at radius 2 is 1.37 bits per heavy atom. The third-order valence-electron chi connectivity index (χ3n) is 9.83. The molecule has 376 valence electrons. The molecule has 0 spiro atoms. The van der Waals surface area contributed by atoms with Crippen LogP contribution in [0.3, 0.4) is 0 Å². The van der Waals surface area contributed by atoms with E-state index in [1.807, 2.05) is 13.8 Å². The van der Waals surface area contributed by atoms with Crippen LogP contribution in [0.25, 0.3) is 0 Å². The van der Waals surface area contributed by atoms with Crippen molar-refractivity contribution in [2.45, 2.75) is 56.2 Å². The number of ether oxygens (including phenoxy) is 12. The summed E-state index contributed by atoms with van der Waals surface area (Å²) in [6, 6.07) is 2.96. The number of nitrogens with zero attached hydrogens (tertiary/aromatic N) is 4. The highest BCUT2D eigenvalue weighted by Gasteiger charge is 2.66. The number of amides is 2. The fraction of sp³-hybridized carbons (Fsp3) is 0.744. The monoisotopic (exact) mass is 994 g/mol. The third-order valence-corrected chi connectivity index (χ3v) is 10.7. The first-order valence-electron chi connectivity index (χ1n) is 21.6. The minimum absolute atomic E-state index is 0.148. The van der Waals surface area contributed by atoms with Gasteiger partial charge in [0.15, 0.2) is 12.1 Å². The molecule has 1 aromatic heterocycles. The van der Waals surface area contributed by atoms with Crippen molar-refractivity contribution in [2.75, 3.05) is 143 Å². The van der Waals surface area contributed by atoms with E-state index in [2.05, 4.69) is 30.6 Å². The second-order valence-electron chi connectivity index (χ2n) is 15.3. The molecule has 5 atom stereocenters. The van der Waals surface area contributed by atoms with Crippen LogP contribution in [-0.4, -0.2) is 199 Å². The Labute approximate surface area is 394 Å². The summed E-state index contributed by atoms with van der Waals surface area (Å²) >= 11 is 7.04. The molecule has 3 fully saturated rings. The summed E-state index contributed by atoms with van der Waals surface area (Å²) in [5.41, 5.74) is -1.46. The minimum atomic E-state index is -0.839. The molecule has 67 heavy (non-hydrogen) atoms. The number of halogens is 1. The van der Waals surface area contributed by atoms with E-state index in [1.54, 1.807) is 0 Å². The number of fused-ring (bicyclic) bond motifs is 4. The molecule has 4 N–H and O–H groups in total. The highest BCUT2D eigenvalue weighted by Crippen LogP contribution is 2.47. The summed E-state index contributed by atoms with van der Waals surface area (Å²) in [4.78, 5) is 48.8. The van der Waals surface area contributed by atoms with E-state index in [4.69, 9.17) is 68.4 Å². The van der Waals surface area contributed by atoms with Gasteiger partial charge in [-0.1, -0.05) is 0 Å². The summed E-state index contributed by atoms with van der Waals surface area (Å²) in [5.74, 6) is -1.33. The van der Waals surface area contributed by atoms with Crippen molar-refractivity contribution >= 4 is 57.1 Å². The Balaban J connectivity index is 0.740. The van der Waals surface area contributed by atoms with E-state index in [1.165, 1.54) is 12.1 Å². The molecule has 28 heteroatoms. The zero-order chi connectivity index (χ0) is 47.9. The van der Waals surface area contributed by atoms with Crippen LogP contribution in [0, 0.1) is 20.2 Å². The topological polar surface area (TPSA) is 305 Å². The van der Waals surface area contributed by atoms with E-state index in [9.17, 15) is 29.8 Å². The van der Waals surface area contributed by atoms with Gasteiger partial charge in [0.25, 0.3) is 11.4 Å². The van der Waals surface area contributed by atoms with Crippen molar-refractivity contribution in [2.24, 2.45) is 0 Å². The number of aromatic nitrogens is 2. The SMILES string of the molecule is CC1(C)O[C@@H]2[C@@H](Nc3nc(Cl)ns3)[C@H]3OC[C@](COCCOCCOCCOCCNC(=O)CCOCCNC(=O)COCCOCCOCCNc4ccc([N+](=O)[O-])cc4[N+](=O)[O-])(O3)[C@@H]2O1. The van der Waals surface area contributed by atoms with Crippen molar-refractivity contribution < 1.29 is 76.3 Å². The number of hydrogen-bond donors (Lipinski definition) is 4. The lowest BCUT2D eigenvalue weighted by molar-refractivity contribution is -0.393. The Bertz CT molecular complexity index is 1860. The van der Waals surface area contributed by atoms with Crippen LogP contribution in [0.5, 0.6) is 0 Å². The number of nitro groups is 2. The van der Waals surface area contributed by atoms with E-state index in [0.717, 1.165) is 17.6 Å². The van der Waals surface area contributed by atoms with Gasteiger partial charge in [-0.2, -0.15) is 9.36 Å². The molecule has 2 bridgehead atoms. The molecule has 26 nitrogen and oxygen atoms in total. The van der Waals surface area contributed by atoms with Crippen LogP contribution in [0.1, 0.15) is 20.3 Å². The fourth-order valence-electron chi connectivity index (χ4n) is 6.81. The van der Waals surface area contributed by atoms with Gasteiger partial charge in [0.2, 0.25) is 22.2 Å². The van der Waals surface area contributed by atoms with Crippen LogP contribution in [0.2, 0.25) is 5.28 Å². The fourth-order valence-corrected chi connectivity index (χ4v) is 7.57. The summed E-state index contributed by atoms with van der Waals surface area (Å²) in [7, 11) is 0. The van der Waals surface area contributed by atoms with Gasteiger partial charge in [-0.25, -0.2) is 0 Å². The Kier molecular flexibility index (Phi) is 22.9. The van der Waals surface area contributed by atoms with Gasteiger partial charge < -0.3 is 78.1 Å². The van der Waals surface area contributed by atoms with Crippen molar-refractivity contribution in [1.29, 1.82) is 0 Å². The van der Waals surface area contributed by atoms with Gasteiger partial charge in [-0.15, -0.1) is 0 Å². The average molecular weight is 995 g/mol. The zero-order valence-electron chi connectivity index (χ0n) is 37.3. The molecule has 1 aromatic carbocycles. The minimum Gasteiger partial charge on any atom is -0.379 e. The van der Waals surface area contributed by atoms with Gasteiger partial charge in [-0.3, -0.25) is 29.8 Å². The van der Waals surface area contributed by atoms with Crippen LogP contribution in [-0.2, 0) is 66.4 Å². The quantitative estimate of drug-likeness (QED) is 0.0425. The number of carbonyl (C=O) groups is 2. The van der Waals surface area contributed by atoms with Gasteiger partial charge >= 0.3 is 0 Å². The number of hydrogen-bond acceptors (Lipinski definition) is 23. The third kappa shape index (κ3) is 18.4. The molecule has 0 radical (unpaired) electrons. The van der Waals surface area contributed by atoms with Crippen LogP contribution in [0.4, 0.5) is 22.2 Å². The molecule has 2 aromatic rings. The molecule has 0 aliphatic carbocycles. The molecule has 0 saturated carbocycles. The van der Waals surface area contributed by atoms with E-state index in [-0.39, 0.29) is 126 Å². The molecular formula is C39H59ClN8O18S. The van der Waals surface area contributed by atoms with Gasteiger partial charge in [-0.05, 0) is 31.5 Å². The number of rotatable bonds is 36. The van der Waals surface area contributed by atoms with Crippen molar-refractivity contribution in [3.8, 4) is 0 Å². The first-order chi connectivity index (χ1) is 32.4. The first-order valence-corrected chi connectivity index (χ1v) is 22.7. The Morgan fingerprint density at radius 1 is 0.776 bits per heavy atom. The second kappa shape index (κ2) is 28.4. The normalized spacial score (nSPS) is 21.5. The number of anilines is 2. The lowest BCUT2D eigenvalue weighted by Gasteiger charge is -2.42. The number of nitro benzene ring substituents is 2. The Morgan fingerprint density at radius 3 is 2.00 bits per heavy atom. The van der Waals surface area contributed by atoms with Gasteiger partial charge in [0, 0.05) is 43.7 Å². The number of benzene rings is 1. The summed E-state index contributed by atoms with van der Waals surface area (Å²) in [6.07, 6.45) is -1.28. The maximum atomic E-state index is 12.0. The largest absolute Gasteiger partial charge is 0.379 e. The number of non-ortho nitro benzene ring substituents is 1. The molecule has 2 amide bonds. The summed E-state index contributed by atoms with van der Waals surface area (Å²) < 4.78 is 73.0. The molecule has 3 saturated heterocycles. The number of nitrogens with one attached hydrogen (secondary N) is 4. The van der Waals surface area contributed by atoms with E-state index >= 15 is 0 Å². The number of carbonyl (C=O) groups excluding carboxylic acids is 2. The predicted octanol–water partition coefficient (Wildman–Crippen LogP) is 1.30. The summed E-state index contributed by atoms with van der Waals surface area (Å²) in [5, 5.41) is 34.2. The smallest absolute Gasteiger partial charge is 0.299 e. The van der Waals surface area contributed by atoms with Crippen LogP contribution < -0.4 is 21.3 Å². The lowest BCUT2D eigenvalue weighted by atomic mass is 9.88. The first kappa shape index (κ1) is 53.9. The second-order valence-corrected chi connectivity index (χ2v) is 16.4. The molecule has 5 rings (SSSR count). The molecule has 0 unspecified atom stereocenters. The highest BCUT2D eigenvalue weighted by molar-refractivity contribution is 7.09. The van der Waals surface area contributed by atoms with E-state index < -0.39 is 39.3 Å². The van der Waals surface area contributed by atoms with Crippen molar-refractivity contribution in [3.63, 3.8) is 0 Å². The highest BCUT2D eigenvalue weighted by atomic mass is 35.5. The Hall–Kier alpha value is -4.07. The van der Waals surface area contributed by atoms with Crippen LogP contribution >= 0.6 is 23.1 Å². The average Bonchev–Trinajstić information content (AvgIpc) is 4.00. The van der Waals surface area contributed by atoms with E-state index in [0.29, 0.717) is 57.9 Å². The lowest BCUT2D eigenvalue weighted by Crippen LogP contribution is -2.63. The van der Waals surface area contributed by atoms with Crippen molar-refractivity contribution in [3.05, 3.63) is 43.7 Å².